The second-order valence-corrected chi connectivity index (χ2v) is 51.3. The van der Waals surface area contributed by atoms with Crippen molar-refractivity contribution < 1.29 is 70.8 Å². The fourth-order valence-corrected chi connectivity index (χ4v) is 7.81. The average Bonchev–Trinajstić information content (AvgIpc) is 3.70. The molecule has 2 aliphatic rings. The zero-order chi connectivity index (χ0) is 48.6. The van der Waals surface area contributed by atoms with Gasteiger partial charge in [0, 0.05) is 35.6 Å². The van der Waals surface area contributed by atoms with Gasteiger partial charge in [-0.05, 0) is 86.8 Å². The first-order chi connectivity index (χ1) is 30.7. The Kier molecular flexibility index (Phi) is 30.2. The Hall–Kier alpha value is -0.516. The molecule has 65 heavy (non-hydrogen) atoms. The molecule has 11 atom stereocenters. The Bertz CT molecular complexity index is 1740. The molecular formula is C46H63F8I3O6PV. The molecule has 2 aromatic carbocycles. The first kappa shape index (κ1) is 60.6. The Morgan fingerprint density at radius 3 is 1.52 bits per heavy atom. The number of ether oxygens (including phenoxy) is 2. The summed E-state index contributed by atoms with van der Waals surface area (Å²) >= 11 is 7.39. The maximum atomic E-state index is 14.6. The summed E-state index contributed by atoms with van der Waals surface area (Å²) in [6.45, 7) is 3.71. The van der Waals surface area contributed by atoms with Crippen LogP contribution >= 0.6 is 69.4 Å². The summed E-state index contributed by atoms with van der Waals surface area (Å²) in [5, 5.41) is 30.4. The van der Waals surface area contributed by atoms with Crippen molar-refractivity contribution in [3.63, 3.8) is 0 Å². The molecule has 19 heteroatoms. The van der Waals surface area contributed by atoms with Gasteiger partial charge < -0.3 is 29.3 Å². The van der Waals surface area contributed by atoms with Crippen LogP contribution in [0.1, 0.15) is 90.6 Å². The molecule has 0 radical (unpaired) electrons. The van der Waals surface area contributed by atoms with Crippen molar-refractivity contribution in [1.29, 1.82) is 0 Å². The van der Waals surface area contributed by atoms with Crippen molar-refractivity contribution >= 4 is 69.4 Å². The van der Waals surface area contributed by atoms with Crippen LogP contribution < -0.4 is 9.47 Å². The van der Waals surface area contributed by atoms with Gasteiger partial charge in [-0.2, -0.15) is 26.3 Å². The number of rotatable bonds is 21. The molecule has 370 valence electrons. The van der Waals surface area contributed by atoms with Crippen LogP contribution in [-0.4, -0.2) is 65.3 Å². The number of unbranched alkanes of at least 4 members (excludes halogenated alkanes) is 2. The van der Waals surface area contributed by atoms with Gasteiger partial charge in [0.2, 0.25) is 0 Å². The molecule has 0 saturated heterocycles. The molecule has 7 unspecified atom stereocenters. The molecule has 6 nitrogen and oxygen atoms in total. The molecule has 2 aromatic rings. The van der Waals surface area contributed by atoms with Gasteiger partial charge in [-0.1, -0.05) is 87.4 Å². The number of hydrogen-bond donors (Lipinski definition) is 3. The maximum absolute atomic E-state index is 14.6. The van der Waals surface area contributed by atoms with Crippen LogP contribution in [0.2, 0.25) is 0 Å². The number of aliphatic hydroxyl groups is 3. The number of hydrogen-bond acceptors (Lipinski definition) is 6. The molecule has 0 spiro atoms. The molecule has 3 N–H and O–H groups in total. The van der Waals surface area contributed by atoms with Crippen LogP contribution in [-0.2, 0) is 21.8 Å². The van der Waals surface area contributed by atoms with Crippen molar-refractivity contribution in [1.82, 2.24) is 0 Å². The second-order valence-electron chi connectivity index (χ2n) is 15.7. The predicted octanol–water partition coefficient (Wildman–Crippen LogP) is 14.7. The molecule has 0 amide bonds. The van der Waals surface area contributed by atoms with E-state index in [-0.39, 0.29) is 55.4 Å². The van der Waals surface area contributed by atoms with E-state index >= 15 is 0 Å². The summed E-state index contributed by atoms with van der Waals surface area (Å²) in [5.74, 6) is -1.16. The predicted molar refractivity (Wildman–Crippen MR) is 268 cm³/mol. The molecule has 0 bridgehead atoms. The van der Waals surface area contributed by atoms with Crippen molar-refractivity contribution in [3.05, 3.63) is 108 Å². The van der Waals surface area contributed by atoms with Gasteiger partial charge in [0.15, 0.2) is 0 Å². The van der Waals surface area contributed by atoms with Crippen molar-refractivity contribution in [2.75, 3.05) is 13.2 Å². The number of alkyl halides is 8. The Balaban J connectivity index is 0.000000602. The summed E-state index contributed by atoms with van der Waals surface area (Å²) in [5.41, 5.74) is -1.65. The van der Waals surface area contributed by atoms with E-state index in [1.54, 1.807) is 12.2 Å². The summed E-state index contributed by atoms with van der Waals surface area (Å²) in [6.07, 6.45) is 7.55. The fourth-order valence-electron chi connectivity index (χ4n) is 7.50. The van der Waals surface area contributed by atoms with Crippen molar-refractivity contribution in [2.24, 2.45) is 23.7 Å². The van der Waals surface area contributed by atoms with Gasteiger partial charge in [0.05, 0.1) is 23.3 Å². The van der Waals surface area contributed by atoms with Crippen LogP contribution in [0.4, 0.5) is 35.1 Å². The SMILES string of the molecule is CCC/C=C\CC[C@H]1C(O)CC(F)[C@@H]1/C=C/C(O)COc1cccc(C(F)(F)F)c1.CCC/C=C\CC[C@H]1C(OP)CC(F)[C@@H]1/C=C/C(O)COc1cccc(C(F)(F)F)c1.[3HH].[I][V]([I])[I]. The van der Waals surface area contributed by atoms with Crippen LogP contribution in [0.5, 0.6) is 11.5 Å². The van der Waals surface area contributed by atoms with Gasteiger partial charge in [-0.15, -0.1) is 0 Å². The monoisotopic (exact) mass is 1330 g/mol. The number of allylic oxidation sites excluding steroid dienone is 6. The molecule has 2 fully saturated rings. The van der Waals surface area contributed by atoms with Gasteiger partial charge >= 0.3 is 77.2 Å². The van der Waals surface area contributed by atoms with Gasteiger partial charge in [0.25, 0.3) is 0 Å². The van der Waals surface area contributed by atoms with E-state index in [0.29, 0.717) is 12.8 Å². The standard InChI is InChI=1S/C23H31F4O3P.C23H30F4O3.3HI.V.H2/c1-2-3-4-5-6-10-20-19(21(24)14-22(20)30-31)12-11-17(28)15-29-18-9-7-8-16(13-18)23(25,26)27;1-2-3-4-5-6-10-20-19(21(24)14-22(20)29)12-11-17(28)15-30-18-9-7-8-16(13-18)23(25,26)27;;;;;/h4-5,7-9,11-13,17,19-22,28H,2-3,6,10,14-15,31H2,1H3;4-5,7-9,11-13,17,19-22,28-29H,2-3,6,10,14-15H2,1H3;3*1H;;1H/q;;;;;+3;/p-3/b2*5-4-,12-11+;;;;;/t2*17?,19-,20-,21?,22?;;;;;/m11...../s1/i;;;;;;1+2. The third kappa shape index (κ3) is 24.2. The summed E-state index contributed by atoms with van der Waals surface area (Å²) in [6, 6.07) is 8.88. The van der Waals surface area contributed by atoms with Crippen LogP contribution in [0.15, 0.2) is 97.1 Å². The number of benzene rings is 2. The molecule has 0 heterocycles. The van der Waals surface area contributed by atoms with E-state index in [1.807, 2.05) is 6.08 Å². The fraction of sp³-hybridized carbons (Fsp3) is 0.565. The molecule has 4 rings (SSSR count). The van der Waals surface area contributed by atoms with Gasteiger partial charge in [-0.3, -0.25) is 0 Å². The third-order valence-corrected chi connectivity index (χ3v) is 11.1. The molecular weight excluding hydrogens is 1260 g/mol. The van der Waals surface area contributed by atoms with Gasteiger partial charge in [-0.25, -0.2) is 8.78 Å². The minimum atomic E-state index is -4.47. The van der Waals surface area contributed by atoms with E-state index < -0.39 is 66.0 Å². The van der Waals surface area contributed by atoms with Crippen LogP contribution in [0.25, 0.3) is 0 Å². The second kappa shape index (κ2) is 32.4. The van der Waals surface area contributed by atoms with Crippen LogP contribution in [0.3, 0.4) is 0 Å². The van der Waals surface area contributed by atoms with E-state index in [1.165, 1.54) is 36.4 Å². The van der Waals surface area contributed by atoms with E-state index in [4.69, 9.17) is 14.0 Å². The number of halogens is 11. The van der Waals surface area contributed by atoms with Gasteiger partial charge in [0.1, 0.15) is 49.3 Å². The average molecular weight is 1330 g/mol. The first-order valence-electron chi connectivity index (χ1n) is 21.4. The Morgan fingerprint density at radius 2 is 1.11 bits per heavy atom. The summed E-state index contributed by atoms with van der Waals surface area (Å²) in [4.78, 5) is -0.278. The number of aliphatic hydroxyl groups excluding tert-OH is 3. The topological polar surface area (TPSA) is 88.4 Å². The first-order valence-corrected chi connectivity index (χ1v) is 35.4. The molecule has 0 aromatic heterocycles. The van der Waals surface area contributed by atoms with Crippen molar-refractivity contribution in [3.8, 4) is 11.5 Å². The molecule has 2 aliphatic carbocycles. The Morgan fingerprint density at radius 1 is 0.708 bits per heavy atom. The normalized spacial score (nSPS) is 24.7. The Labute approximate surface area is 420 Å². The molecule has 0 aliphatic heterocycles. The molecule has 2 saturated carbocycles. The third-order valence-electron chi connectivity index (χ3n) is 10.7. The van der Waals surface area contributed by atoms with Crippen LogP contribution in [0, 0.1) is 23.7 Å². The summed E-state index contributed by atoms with van der Waals surface area (Å²) < 4.78 is 121. The van der Waals surface area contributed by atoms with E-state index in [0.717, 1.165) is 69.2 Å². The van der Waals surface area contributed by atoms with E-state index in [2.05, 4.69) is 101 Å². The summed E-state index contributed by atoms with van der Waals surface area (Å²) in [7, 11) is 2.21. The van der Waals surface area contributed by atoms with E-state index in [9.17, 15) is 50.4 Å². The minimum absolute atomic E-state index is 0. The quantitative estimate of drug-likeness (QED) is 0.0500. The zero-order valence-electron chi connectivity index (χ0n) is 36.2. The van der Waals surface area contributed by atoms with Crippen molar-refractivity contribution in [2.45, 2.75) is 127 Å². The zero-order valence-corrected chi connectivity index (χ0v) is 45.3.